The maximum atomic E-state index is 13.3. The Morgan fingerprint density at radius 1 is 1.06 bits per heavy atom. The molecule has 0 aromatic heterocycles. The van der Waals surface area contributed by atoms with Crippen molar-refractivity contribution in [1.82, 2.24) is 4.90 Å². The number of carbonyl (C=O) groups excluding carboxylic acids is 1. The van der Waals surface area contributed by atoms with Crippen molar-refractivity contribution in [2.24, 2.45) is 11.8 Å². The Morgan fingerprint density at radius 2 is 1.74 bits per heavy atom. The summed E-state index contributed by atoms with van der Waals surface area (Å²) in [5.74, 6) is -0.393. The van der Waals surface area contributed by atoms with Crippen LogP contribution < -0.4 is 0 Å². The molecule has 2 saturated carbocycles. The van der Waals surface area contributed by atoms with Crippen LogP contribution in [-0.4, -0.2) is 47.0 Å². The second-order valence-electron chi connectivity index (χ2n) is 9.26. The summed E-state index contributed by atoms with van der Waals surface area (Å²) >= 11 is 0. The fourth-order valence-electron chi connectivity index (χ4n) is 6.48. The van der Waals surface area contributed by atoms with Gasteiger partial charge in [0.25, 0.3) is 0 Å². The fourth-order valence-corrected chi connectivity index (χ4v) is 6.48. The maximum Gasteiger partial charge on any atom is 0.412 e. The zero-order chi connectivity index (χ0) is 21.2. The van der Waals surface area contributed by atoms with Crippen molar-refractivity contribution in [3.63, 3.8) is 0 Å². The lowest BCUT2D eigenvalue weighted by Crippen LogP contribution is -2.56. The average Bonchev–Trinajstić information content (AvgIpc) is 3.54. The summed E-state index contributed by atoms with van der Waals surface area (Å²) in [5.41, 5.74) is 3.79. The minimum absolute atomic E-state index is 0.0305. The normalized spacial score (nSPS) is 30.6. The molecule has 1 aliphatic heterocycles. The molecule has 4 aliphatic rings. The van der Waals surface area contributed by atoms with Crippen molar-refractivity contribution < 1.29 is 24.2 Å². The largest absolute Gasteiger partial charge is 0.480 e. The van der Waals surface area contributed by atoms with Crippen LogP contribution in [0.4, 0.5) is 4.79 Å². The minimum Gasteiger partial charge on any atom is -0.480 e. The topological polar surface area (TPSA) is 76.1 Å². The maximum absolute atomic E-state index is 13.3. The first-order valence-electron chi connectivity index (χ1n) is 11.1. The van der Waals surface area contributed by atoms with Crippen molar-refractivity contribution in [2.45, 2.75) is 43.4 Å². The molecule has 160 valence electrons. The number of nitrogens with zero attached hydrogens (tertiary/aromatic N) is 1. The Bertz CT molecular complexity index is 1020. The van der Waals surface area contributed by atoms with Gasteiger partial charge in [0.2, 0.25) is 0 Å². The van der Waals surface area contributed by atoms with Crippen LogP contribution in [0.1, 0.15) is 42.7 Å². The van der Waals surface area contributed by atoms with E-state index in [0.717, 1.165) is 41.5 Å². The predicted molar refractivity (Wildman–Crippen MR) is 112 cm³/mol. The summed E-state index contributed by atoms with van der Waals surface area (Å²) < 4.78 is 11.9. The molecule has 2 bridgehead atoms. The van der Waals surface area contributed by atoms with Gasteiger partial charge >= 0.3 is 12.1 Å². The molecular weight excluding hydrogens is 394 g/mol. The first-order chi connectivity index (χ1) is 15.1. The van der Waals surface area contributed by atoms with Gasteiger partial charge in [0.05, 0.1) is 6.61 Å². The van der Waals surface area contributed by atoms with E-state index < -0.39 is 23.8 Å². The van der Waals surface area contributed by atoms with Gasteiger partial charge in [-0.1, -0.05) is 48.5 Å². The lowest BCUT2D eigenvalue weighted by Gasteiger charge is -2.40. The van der Waals surface area contributed by atoms with Crippen molar-refractivity contribution in [3.8, 4) is 11.1 Å². The summed E-state index contributed by atoms with van der Waals surface area (Å²) in [6.07, 6.45) is 3.25. The van der Waals surface area contributed by atoms with E-state index in [1.54, 1.807) is 0 Å². The third-order valence-corrected chi connectivity index (χ3v) is 7.79. The molecule has 1 saturated heterocycles. The highest BCUT2D eigenvalue weighted by Gasteiger charge is 2.63. The molecule has 0 radical (unpaired) electrons. The van der Waals surface area contributed by atoms with Crippen LogP contribution in [0.5, 0.6) is 0 Å². The quantitative estimate of drug-likeness (QED) is 0.806. The monoisotopic (exact) mass is 419 g/mol. The molecule has 3 aliphatic carbocycles. The second-order valence-corrected chi connectivity index (χ2v) is 9.26. The number of hydrogen-bond donors (Lipinski definition) is 1. The van der Waals surface area contributed by atoms with E-state index in [1.165, 1.54) is 4.90 Å². The molecule has 6 nitrogen and oxygen atoms in total. The SMILES string of the molecule is O=C(O)C1COC2(CC3CCC2C3)N1C(=O)OCC1c2ccccc2-c2ccccc21. The van der Waals surface area contributed by atoms with E-state index in [-0.39, 0.29) is 25.0 Å². The highest BCUT2D eigenvalue weighted by Crippen LogP contribution is 2.56. The molecule has 2 aromatic rings. The number of carboxylic acid groups (broad SMARTS) is 1. The van der Waals surface area contributed by atoms with Crippen molar-refractivity contribution >= 4 is 12.1 Å². The fraction of sp³-hybridized carbons (Fsp3) is 0.440. The van der Waals surface area contributed by atoms with Crippen LogP contribution >= 0.6 is 0 Å². The van der Waals surface area contributed by atoms with E-state index >= 15 is 0 Å². The average molecular weight is 419 g/mol. The lowest BCUT2D eigenvalue weighted by atomic mass is 9.90. The number of fused-ring (bicyclic) bond motifs is 6. The van der Waals surface area contributed by atoms with Crippen LogP contribution in [0.15, 0.2) is 48.5 Å². The van der Waals surface area contributed by atoms with Crippen LogP contribution in [0, 0.1) is 11.8 Å². The molecule has 4 unspecified atom stereocenters. The number of rotatable bonds is 3. The first-order valence-corrected chi connectivity index (χ1v) is 11.1. The summed E-state index contributed by atoms with van der Waals surface area (Å²) in [4.78, 5) is 26.7. The van der Waals surface area contributed by atoms with Crippen LogP contribution in [0.2, 0.25) is 0 Å². The number of amides is 1. The molecule has 1 heterocycles. The molecule has 1 spiro atoms. The molecule has 6 heteroatoms. The summed E-state index contributed by atoms with van der Waals surface area (Å²) in [7, 11) is 0. The minimum atomic E-state index is -1.03. The van der Waals surface area contributed by atoms with E-state index in [9.17, 15) is 14.7 Å². The van der Waals surface area contributed by atoms with Crippen LogP contribution in [0.3, 0.4) is 0 Å². The second kappa shape index (κ2) is 6.82. The van der Waals surface area contributed by atoms with E-state index in [0.29, 0.717) is 12.3 Å². The van der Waals surface area contributed by atoms with Gasteiger partial charge in [-0.3, -0.25) is 4.90 Å². The van der Waals surface area contributed by atoms with Gasteiger partial charge in [-0.15, -0.1) is 0 Å². The Balaban J connectivity index is 1.28. The summed E-state index contributed by atoms with van der Waals surface area (Å²) in [6.45, 7) is 0.211. The van der Waals surface area contributed by atoms with E-state index in [2.05, 4.69) is 24.3 Å². The summed E-state index contributed by atoms with van der Waals surface area (Å²) in [5, 5.41) is 9.76. The Kier molecular flexibility index (Phi) is 4.15. The van der Waals surface area contributed by atoms with Crippen molar-refractivity contribution in [3.05, 3.63) is 59.7 Å². The molecule has 31 heavy (non-hydrogen) atoms. The standard InChI is InChI=1S/C25H25NO5/c27-23(28)22-14-31-25(12-15-9-10-16(25)11-15)26(22)24(29)30-13-21-19-7-3-1-5-17(19)18-6-2-4-8-20(18)21/h1-8,15-16,21-22H,9-14H2,(H,27,28). The zero-order valence-electron chi connectivity index (χ0n) is 17.2. The number of hydrogen-bond acceptors (Lipinski definition) is 4. The first kappa shape index (κ1) is 18.9. The molecule has 1 N–H and O–H groups in total. The van der Waals surface area contributed by atoms with Gasteiger partial charge in [-0.2, -0.15) is 0 Å². The number of aliphatic carboxylic acids is 1. The number of benzene rings is 2. The van der Waals surface area contributed by atoms with Gasteiger partial charge in [0, 0.05) is 11.8 Å². The molecule has 1 amide bonds. The highest BCUT2D eigenvalue weighted by molar-refractivity contribution is 5.82. The molecule has 2 aromatic carbocycles. The van der Waals surface area contributed by atoms with Gasteiger partial charge in [-0.05, 0) is 53.9 Å². The Hall–Kier alpha value is -2.86. The Morgan fingerprint density at radius 3 is 2.32 bits per heavy atom. The van der Waals surface area contributed by atoms with Crippen LogP contribution in [0.25, 0.3) is 11.1 Å². The van der Waals surface area contributed by atoms with Gasteiger partial charge in [-0.25, -0.2) is 9.59 Å². The molecular formula is C25H25NO5. The Labute approximate surface area is 180 Å². The number of carbonyl (C=O) groups is 2. The third kappa shape index (κ3) is 2.67. The number of ether oxygens (including phenoxy) is 2. The van der Waals surface area contributed by atoms with E-state index in [1.807, 2.05) is 24.3 Å². The van der Waals surface area contributed by atoms with Gasteiger partial charge in [0.15, 0.2) is 11.8 Å². The van der Waals surface area contributed by atoms with Crippen molar-refractivity contribution in [2.75, 3.05) is 13.2 Å². The van der Waals surface area contributed by atoms with Gasteiger partial charge < -0.3 is 14.6 Å². The smallest absolute Gasteiger partial charge is 0.412 e. The van der Waals surface area contributed by atoms with E-state index in [4.69, 9.17) is 9.47 Å². The third-order valence-electron chi connectivity index (χ3n) is 7.79. The van der Waals surface area contributed by atoms with Crippen LogP contribution in [-0.2, 0) is 14.3 Å². The molecule has 3 fully saturated rings. The number of carboxylic acids is 1. The van der Waals surface area contributed by atoms with Crippen molar-refractivity contribution in [1.29, 1.82) is 0 Å². The predicted octanol–water partition coefficient (Wildman–Crippen LogP) is 4.24. The highest BCUT2D eigenvalue weighted by atomic mass is 16.6. The molecule has 4 atom stereocenters. The summed E-state index contributed by atoms with van der Waals surface area (Å²) in [6, 6.07) is 15.4. The van der Waals surface area contributed by atoms with Gasteiger partial charge in [0.1, 0.15) is 6.61 Å². The molecule has 6 rings (SSSR count). The lowest BCUT2D eigenvalue weighted by molar-refractivity contribution is -0.145. The zero-order valence-corrected chi connectivity index (χ0v) is 17.2.